The molecule has 9 aromatic carbocycles. The number of rotatable bonds is 8. The van der Waals surface area contributed by atoms with Crippen molar-refractivity contribution < 1.29 is 4.57 Å². The molecule has 0 radical (unpaired) electrons. The molecule has 280 valence electrons. The Morgan fingerprint density at radius 1 is 0.305 bits per heavy atom. The van der Waals surface area contributed by atoms with E-state index in [0.717, 1.165) is 49.4 Å². The Labute approximate surface area is 344 Å². The third kappa shape index (κ3) is 5.89. The molecule has 0 amide bonds. The number of fused-ring (bicyclic) bond motifs is 6. The van der Waals surface area contributed by atoms with E-state index in [1.807, 2.05) is 60.7 Å². The zero-order chi connectivity index (χ0) is 39.3. The highest BCUT2D eigenvalue weighted by atomic mass is 31.2. The Bertz CT molecular complexity index is 3220. The van der Waals surface area contributed by atoms with E-state index in [2.05, 4.69) is 179 Å². The van der Waals surface area contributed by atoms with Crippen LogP contribution in [0.4, 0.5) is 0 Å². The molecular formula is C54H38N2OP2. The van der Waals surface area contributed by atoms with Crippen molar-refractivity contribution in [3.63, 3.8) is 0 Å². The quantitative estimate of drug-likeness (QED) is 0.141. The number of para-hydroxylation sites is 3. The molecule has 0 saturated heterocycles. The molecule has 59 heavy (non-hydrogen) atoms. The van der Waals surface area contributed by atoms with Crippen LogP contribution >= 0.6 is 15.1 Å². The lowest BCUT2D eigenvalue weighted by atomic mass is 10.1. The molecule has 2 aromatic heterocycles. The van der Waals surface area contributed by atoms with Gasteiger partial charge >= 0.3 is 0 Å². The van der Waals surface area contributed by atoms with Gasteiger partial charge in [-0.1, -0.05) is 182 Å². The van der Waals surface area contributed by atoms with E-state index in [-0.39, 0.29) is 0 Å². The minimum atomic E-state index is -3.39. The summed E-state index contributed by atoms with van der Waals surface area (Å²) in [5, 5.41) is 11.1. The molecule has 5 heteroatoms. The molecule has 0 aliphatic heterocycles. The number of aromatic nitrogens is 2. The van der Waals surface area contributed by atoms with Gasteiger partial charge in [-0.2, -0.15) is 0 Å². The van der Waals surface area contributed by atoms with Crippen molar-refractivity contribution in [3.05, 3.63) is 231 Å². The summed E-state index contributed by atoms with van der Waals surface area (Å²) in [5.41, 5.74) is 6.33. The van der Waals surface area contributed by atoms with Crippen LogP contribution in [0.5, 0.6) is 0 Å². The summed E-state index contributed by atoms with van der Waals surface area (Å²) in [5.74, 6) is 0. The second kappa shape index (κ2) is 14.6. The number of nitrogens with zero attached hydrogens (tertiary/aromatic N) is 2. The van der Waals surface area contributed by atoms with Gasteiger partial charge in [-0.05, 0) is 72.4 Å². The zero-order valence-electron chi connectivity index (χ0n) is 32.1. The van der Waals surface area contributed by atoms with E-state index < -0.39 is 15.1 Å². The molecule has 0 aliphatic rings. The van der Waals surface area contributed by atoms with Gasteiger partial charge in [0.15, 0.2) is 7.14 Å². The van der Waals surface area contributed by atoms with Gasteiger partial charge in [0.05, 0.1) is 22.1 Å². The van der Waals surface area contributed by atoms with Gasteiger partial charge in [-0.3, -0.25) is 0 Å². The Balaban J connectivity index is 1.22. The lowest BCUT2D eigenvalue weighted by Crippen LogP contribution is -2.26. The van der Waals surface area contributed by atoms with Crippen LogP contribution in [0.2, 0.25) is 0 Å². The molecule has 0 fully saturated rings. The first-order valence-electron chi connectivity index (χ1n) is 20.0. The summed E-state index contributed by atoms with van der Waals surface area (Å²) in [6.07, 6.45) is 0. The van der Waals surface area contributed by atoms with Crippen molar-refractivity contribution in [1.29, 1.82) is 0 Å². The van der Waals surface area contributed by atoms with Crippen LogP contribution < -0.4 is 31.8 Å². The second-order valence-electron chi connectivity index (χ2n) is 14.9. The lowest BCUT2D eigenvalue weighted by molar-refractivity contribution is 0.592. The first kappa shape index (κ1) is 35.4. The normalized spacial score (nSPS) is 11.9. The van der Waals surface area contributed by atoms with Crippen LogP contribution in [0.15, 0.2) is 231 Å². The van der Waals surface area contributed by atoms with E-state index >= 15 is 4.57 Å². The Morgan fingerprint density at radius 3 is 1.14 bits per heavy atom. The minimum absolute atomic E-state index is 0.781. The van der Waals surface area contributed by atoms with Crippen LogP contribution in [0, 0.1) is 0 Å². The summed E-state index contributed by atoms with van der Waals surface area (Å²) < 4.78 is 21.0. The summed E-state index contributed by atoms with van der Waals surface area (Å²) in [4.78, 5) is 0. The van der Waals surface area contributed by atoms with Crippen molar-refractivity contribution >= 4 is 90.5 Å². The molecule has 0 atom stereocenters. The smallest absolute Gasteiger partial charge is 0.171 e. The standard InChI is InChI=1S/C54H38N2OP2/c57-59(44-23-9-3-10-24-44,45-25-11-4-12-26-45)46-36-39(55-51-30-16-13-27-47(51)48-28-14-17-31-52(48)55)35-40(37-46)56-53-32-18-15-29-49(53)50-38-43(33-34-54(50)56)58(41-19-5-1-6-20-41)42-21-7-2-8-22-42/h1-38H. The number of hydrogen-bond donors (Lipinski definition) is 0. The fourth-order valence-electron chi connectivity index (χ4n) is 8.92. The van der Waals surface area contributed by atoms with E-state index in [1.54, 1.807) is 0 Å². The highest BCUT2D eigenvalue weighted by Crippen LogP contribution is 2.45. The van der Waals surface area contributed by atoms with E-state index in [9.17, 15) is 0 Å². The van der Waals surface area contributed by atoms with Crippen molar-refractivity contribution in [1.82, 2.24) is 9.13 Å². The lowest BCUT2D eigenvalue weighted by Gasteiger charge is -2.23. The van der Waals surface area contributed by atoms with E-state index in [4.69, 9.17) is 0 Å². The average molecular weight is 793 g/mol. The molecule has 0 bridgehead atoms. The van der Waals surface area contributed by atoms with Gasteiger partial charge in [-0.25, -0.2) is 0 Å². The zero-order valence-corrected chi connectivity index (χ0v) is 33.9. The van der Waals surface area contributed by atoms with Crippen molar-refractivity contribution in [2.24, 2.45) is 0 Å². The Kier molecular flexibility index (Phi) is 8.74. The van der Waals surface area contributed by atoms with Gasteiger partial charge in [0.1, 0.15) is 0 Å². The predicted octanol–water partition coefficient (Wildman–Crippen LogP) is 11.3. The molecule has 0 spiro atoms. The maximum absolute atomic E-state index is 16.3. The third-order valence-corrected chi connectivity index (χ3v) is 17.0. The topological polar surface area (TPSA) is 26.9 Å². The average Bonchev–Trinajstić information content (AvgIpc) is 3.83. The Morgan fingerprint density at radius 2 is 0.678 bits per heavy atom. The molecule has 0 aliphatic carbocycles. The first-order chi connectivity index (χ1) is 29.2. The van der Waals surface area contributed by atoms with Crippen LogP contribution in [0.3, 0.4) is 0 Å². The maximum atomic E-state index is 16.3. The van der Waals surface area contributed by atoms with Crippen LogP contribution in [0.25, 0.3) is 55.0 Å². The third-order valence-electron chi connectivity index (χ3n) is 11.5. The molecule has 11 rings (SSSR count). The Hall–Kier alpha value is -6.76. The largest absolute Gasteiger partial charge is 0.309 e. The van der Waals surface area contributed by atoms with Crippen molar-refractivity contribution in [2.75, 3.05) is 0 Å². The molecule has 0 saturated carbocycles. The van der Waals surface area contributed by atoms with Gasteiger partial charge < -0.3 is 13.7 Å². The fourth-order valence-corrected chi connectivity index (χ4v) is 13.9. The number of hydrogen-bond acceptors (Lipinski definition) is 1. The highest BCUT2D eigenvalue weighted by Gasteiger charge is 2.31. The van der Waals surface area contributed by atoms with Crippen molar-refractivity contribution in [3.8, 4) is 11.4 Å². The molecule has 3 nitrogen and oxygen atoms in total. The maximum Gasteiger partial charge on any atom is 0.171 e. The van der Waals surface area contributed by atoms with Crippen molar-refractivity contribution in [2.45, 2.75) is 0 Å². The van der Waals surface area contributed by atoms with Crippen LogP contribution in [-0.2, 0) is 4.57 Å². The summed E-state index contributed by atoms with van der Waals surface area (Å²) in [6.45, 7) is 0. The first-order valence-corrected chi connectivity index (χ1v) is 23.0. The molecular weight excluding hydrogens is 755 g/mol. The summed E-state index contributed by atoms with van der Waals surface area (Å²) in [6, 6.07) is 81.3. The summed E-state index contributed by atoms with van der Waals surface area (Å²) >= 11 is 0. The van der Waals surface area contributed by atoms with E-state index in [1.165, 1.54) is 37.5 Å². The van der Waals surface area contributed by atoms with Gasteiger partial charge in [0.25, 0.3) is 0 Å². The fraction of sp³-hybridized carbons (Fsp3) is 0. The van der Waals surface area contributed by atoms with Gasteiger partial charge in [0, 0.05) is 48.8 Å². The van der Waals surface area contributed by atoms with Gasteiger partial charge in [-0.15, -0.1) is 0 Å². The minimum Gasteiger partial charge on any atom is -0.309 e. The SMILES string of the molecule is O=P(c1ccccc1)(c1ccccc1)c1cc(-n2c3ccccc3c3ccccc32)cc(-n2c3ccccc3c3cc(P(c4ccccc4)c4ccccc4)ccc32)c1. The molecule has 11 aromatic rings. The monoisotopic (exact) mass is 792 g/mol. The highest BCUT2D eigenvalue weighted by molar-refractivity contribution is 7.85. The summed E-state index contributed by atoms with van der Waals surface area (Å²) in [7, 11) is -4.19. The second-order valence-corrected chi connectivity index (χ2v) is 19.9. The van der Waals surface area contributed by atoms with Crippen LogP contribution in [-0.4, -0.2) is 9.13 Å². The number of benzene rings is 9. The van der Waals surface area contributed by atoms with E-state index in [0.29, 0.717) is 0 Å². The van der Waals surface area contributed by atoms with Crippen LogP contribution in [0.1, 0.15) is 0 Å². The molecule has 0 unspecified atom stereocenters. The van der Waals surface area contributed by atoms with Gasteiger partial charge in [0.2, 0.25) is 0 Å². The molecule has 0 N–H and O–H groups in total. The molecule has 2 heterocycles. The predicted molar refractivity (Wildman–Crippen MR) is 253 cm³/mol.